The van der Waals surface area contributed by atoms with Gasteiger partial charge in [0.1, 0.15) is 12.1 Å². The monoisotopic (exact) mass is 354 g/mol. The average Bonchev–Trinajstić information content (AvgIpc) is 3.06. The van der Waals surface area contributed by atoms with E-state index >= 15 is 0 Å². The van der Waals surface area contributed by atoms with Crippen molar-refractivity contribution in [3.8, 4) is 0 Å². The van der Waals surface area contributed by atoms with Crippen LogP contribution in [0.25, 0.3) is 11.0 Å². The first-order valence-electron chi connectivity index (χ1n) is 8.44. The first-order chi connectivity index (χ1) is 12.7. The van der Waals surface area contributed by atoms with Crippen molar-refractivity contribution in [3.63, 3.8) is 0 Å². The highest BCUT2D eigenvalue weighted by atomic mass is 16.5. The van der Waals surface area contributed by atoms with Gasteiger partial charge in [0, 0.05) is 25.8 Å². The lowest BCUT2D eigenvalue weighted by molar-refractivity contribution is 0.0951. The number of aromatic nitrogens is 4. The molecule has 8 nitrogen and oxygen atoms in total. The lowest BCUT2D eigenvalue weighted by Crippen LogP contribution is -2.28. The predicted octanol–water partition coefficient (Wildman–Crippen LogP) is 1.62. The molecule has 2 heterocycles. The number of carbonyl (C=O) groups is 1. The van der Waals surface area contributed by atoms with Crippen molar-refractivity contribution in [2.24, 2.45) is 0 Å². The van der Waals surface area contributed by atoms with E-state index in [0.29, 0.717) is 31.8 Å². The third-order valence-corrected chi connectivity index (χ3v) is 4.03. The van der Waals surface area contributed by atoms with E-state index in [1.165, 1.54) is 6.33 Å². The molecule has 0 unspecified atom stereocenters. The van der Waals surface area contributed by atoms with Gasteiger partial charge < -0.3 is 15.4 Å². The van der Waals surface area contributed by atoms with Gasteiger partial charge in [-0.15, -0.1) is 0 Å². The number of rotatable bonds is 8. The van der Waals surface area contributed by atoms with Crippen LogP contribution in [0.4, 0.5) is 5.82 Å². The second kappa shape index (κ2) is 8.39. The highest BCUT2D eigenvalue weighted by molar-refractivity contribution is 5.95. The summed E-state index contributed by atoms with van der Waals surface area (Å²) >= 11 is 0. The minimum atomic E-state index is -0.0869. The van der Waals surface area contributed by atoms with Crippen molar-refractivity contribution in [2.45, 2.75) is 13.5 Å². The van der Waals surface area contributed by atoms with E-state index in [4.69, 9.17) is 4.74 Å². The van der Waals surface area contributed by atoms with Gasteiger partial charge in [-0.05, 0) is 18.6 Å². The van der Waals surface area contributed by atoms with Gasteiger partial charge in [-0.3, -0.25) is 4.79 Å². The van der Waals surface area contributed by atoms with E-state index in [-0.39, 0.29) is 5.91 Å². The summed E-state index contributed by atoms with van der Waals surface area (Å²) in [6.45, 7) is 4.14. The predicted molar refractivity (Wildman–Crippen MR) is 99.2 cm³/mol. The number of nitrogens with zero attached hydrogens (tertiary/aromatic N) is 4. The molecule has 0 aliphatic carbocycles. The number of anilines is 1. The fourth-order valence-corrected chi connectivity index (χ4v) is 2.67. The van der Waals surface area contributed by atoms with E-state index < -0.39 is 0 Å². The second-order valence-electron chi connectivity index (χ2n) is 5.82. The van der Waals surface area contributed by atoms with Crippen molar-refractivity contribution < 1.29 is 9.53 Å². The van der Waals surface area contributed by atoms with Crippen LogP contribution in [0.2, 0.25) is 0 Å². The van der Waals surface area contributed by atoms with Crippen LogP contribution in [0.15, 0.2) is 36.8 Å². The molecule has 3 rings (SSSR count). The molecule has 3 aromatic rings. The first-order valence-corrected chi connectivity index (χ1v) is 8.44. The molecule has 0 aliphatic heterocycles. The number of hydrogen-bond acceptors (Lipinski definition) is 6. The van der Waals surface area contributed by atoms with E-state index in [1.54, 1.807) is 18.0 Å². The second-order valence-corrected chi connectivity index (χ2v) is 5.82. The Balaban J connectivity index is 1.63. The Kier molecular flexibility index (Phi) is 5.75. The number of methoxy groups -OCH3 is 1. The number of benzene rings is 1. The van der Waals surface area contributed by atoms with Crippen molar-refractivity contribution in [1.29, 1.82) is 0 Å². The summed E-state index contributed by atoms with van der Waals surface area (Å²) in [4.78, 5) is 20.8. The minimum Gasteiger partial charge on any atom is -0.383 e. The highest BCUT2D eigenvalue weighted by Gasteiger charge is 2.11. The molecular weight excluding hydrogens is 332 g/mol. The molecule has 1 amide bonds. The number of amides is 1. The van der Waals surface area contributed by atoms with Crippen LogP contribution in [-0.4, -0.2) is 52.5 Å². The summed E-state index contributed by atoms with van der Waals surface area (Å²) in [5.74, 6) is 0.637. The SMILES string of the molecule is COCCNc1ncnc2c1cnn2CCNC(=O)c1ccccc1C. The zero-order valence-corrected chi connectivity index (χ0v) is 14.9. The van der Waals surface area contributed by atoms with Crippen LogP contribution in [-0.2, 0) is 11.3 Å². The standard InChI is InChI=1S/C18H22N6O2/c1-13-5-3-4-6-14(13)18(25)20-7-9-24-17-15(11-23-24)16(21-12-22-17)19-8-10-26-2/h3-6,11-12H,7-10H2,1-2H3,(H,20,25)(H,19,21,22). The molecule has 2 N–H and O–H groups in total. The molecule has 0 saturated heterocycles. The van der Waals surface area contributed by atoms with Crippen molar-refractivity contribution in [2.75, 3.05) is 32.1 Å². The van der Waals surface area contributed by atoms with Crippen LogP contribution in [0.5, 0.6) is 0 Å². The van der Waals surface area contributed by atoms with E-state index in [9.17, 15) is 4.79 Å². The number of ether oxygens (including phenoxy) is 1. The van der Waals surface area contributed by atoms with Crippen LogP contribution in [0.1, 0.15) is 15.9 Å². The summed E-state index contributed by atoms with van der Waals surface area (Å²) in [5, 5.41) is 11.3. The lowest BCUT2D eigenvalue weighted by atomic mass is 10.1. The van der Waals surface area contributed by atoms with Crippen molar-refractivity contribution >= 4 is 22.8 Å². The Morgan fingerprint density at radius 2 is 2.08 bits per heavy atom. The Morgan fingerprint density at radius 1 is 1.23 bits per heavy atom. The van der Waals surface area contributed by atoms with E-state index in [0.717, 1.165) is 22.4 Å². The Bertz CT molecular complexity index is 892. The number of aryl methyl sites for hydroxylation is 1. The minimum absolute atomic E-state index is 0.0869. The van der Waals surface area contributed by atoms with Gasteiger partial charge >= 0.3 is 0 Å². The zero-order chi connectivity index (χ0) is 18.4. The van der Waals surface area contributed by atoms with Gasteiger partial charge in [-0.1, -0.05) is 18.2 Å². The van der Waals surface area contributed by atoms with Gasteiger partial charge in [0.2, 0.25) is 0 Å². The molecule has 136 valence electrons. The molecule has 0 bridgehead atoms. The molecule has 0 radical (unpaired) electrons. The molecule has 0 aliphatic rings. The first kappa shape index (κ1) is 17.8. The third-order valence-electron chi connectivity index (χ3n) is 4.03. The zero-order valence-electron chi connectivity index (χ0n) is 14.9. The van der Waals surface area contributed by atoms with Gasteiger partial charge in [0.15, 0.2) is 5.65 Å². The van der Waals surface area contributed by atoms with Crippen molar-refractivity contribution in [1.82, 2.24) is 25.1 Å². The maximum atomic E-state index is 12.3. The molecular formula is C18H22N6O2. The maximum Gasteiger partial charge on any atom is 0.251 e. The van der Waals surface area contributed by atoms with Gasteiger partial charge in [0.25, 0.3) is 5.91 Å². The number of fused-ring (bicyclic) bond motifs is 1. The average molecular weight is 354 g/mol. The maximum absolute atomic E-state index is 12.3. The van der Waals surface area contributed by atoms with Crippen LogP contribution >= 0.6 is 0 Å². The van der Waals surface area contributed by atoms with Crippen LogP contribution in [0, 0.1) is 6.92 Å². The van der Waals surface area contributed by atoms with Gasteiger partial charge in [-0.2, -0.15) is 5.10 Å². The molecule has 0 spiro atoms. The molecule has 2 aromatic heterocycles. The van der Waals surface area contributed by atoms with E-state index in [1.807, 2.05) is 31.2 Å². The third kappa shape index (κ3) is 3.97. The summed E-state index contributed by atoms with van der Waals surface area (Å²) in [6, 6.07) is 7.52. The summed E-state index contributed by atoms with van der Waals surface area (Å²) in [5.41, 5.74) is 2.36. The summed E-state index contributed by atoms with van der Waals surface area (Å²) in [7, 11) is 1.65. The van der Waals surface area contributed by atoms with E-state index in [2.05, 4.69) is 25.7 Å². The normalized spacial score (nSPS) is 10.8. The lowest BCUT2D eigenvalue weighted by Gasteiger charge is -2.08. The Morgan fingerprint density at radius 3 is 2.88 bits per heavy atom. The molecule has 8 heteroatoms. The molecule has 0 atom stereocenters. The smallest absolute Gasteiger partial charge is 0.251 e. The fourth-order valence-electron chi connectivity index (χ4n) is 2.67. The molecule has 0 fully saturated rings. The Labute approximate surface area is 151 Å². The molecule has 0 saturated carbocycles. The fraction of sp³-hybridized carbons (Fsp3) is 0.333. The molecule has 1 aromatic carbocycles. The summed E-state index contributed by atoms with van der Waals surface area (Å²) < 4.78 is 6.79. The number of carbonyl (C=O) groups excluding carboxylic acids is 1. The van der Waals surface area contributed by atoms with Gasteiger partial charge in [-0.25, -0.2) is 14.6 Å². The largest absolute Gasteiger partial charge is 0.383 e. The topological polar surface area (TPSA) is 94.0 Å². The summed E-state index contributed by atoms with van der Waals surface area (Å²) in [6.07, 6.45) is 3.23. The number of nitrogens with one attached hydrogen (secondary N) is 2. The van der Waals surface area contributed by atoms with Crippen LogP contribution in [0.3, 0.4) is 0 Å². The van der Waals surface area contributed by atoms with Gasteiger partial charge in [0.05, 0.1) is 24.7 Å². The van der Waals surface area contributed by atoms with Crippen molar-refractivity contribution in [3.05, 3.63) is 47.9 Å². The quantitative estimate of drug-likeness (QED) is 0.597. The highest BCUT2D eigenvalue weighted by Crippen LogP contribution is 2.18. The Hall–Kier alpha value is -3.00. The molecule has 26 heavy (non-hydrogen) atoms. The number of hydrogen-bond donors (Lipinski definition) is 2. The van der Waals surface area contributed by atoms with Crippen LogP contribution < -0.4 is 10.6 Å².